The van der Waals surface area contributed by atoms with E-state index >= 15 is 0 Å². The van der Waals surface area contributed by atoms with Gasteiger partial charge in [-0.2, -0.15) is 0 Å². The Hall–Kier alpha value is -1.32. The molecular formula is C13H19NO2. The fraction of sp³-hybridized carbons (Fsp3) is 0.385. The summed E-state index contributed by atoms with van der Waals surface area (Å²) in [4.78, 5) is 4.50. The number of hydrogen-bond acceptors (Lipinski definition) is 3. The highest BCUT2D eigenvalue weighted by Crippen LogP contribution is 2.26. The molecule has 3 heteroatoms. The minimum Gasteiger partial charge on any atom is -0.496 e. The van der Waals surface area contributed by atoms with Gasteiger partial charge >= 0.3 is 0 Å². The predicted molar refractivity (Wildman–Crippen MR) is 66.3 cm³/mol. The second-order valence-electron chi connectivity index (χ2n) is 3.77. The standard InChI is InChI=1S/C13H19NO2/c1-10-8-11(2)13(15-3)12(9-10)6-4-5-7-16-14/h4,6,8-9H,5,7,14H2,1-3H3/b6-4+. The molecule has 0 fully saturated rings. The van der Waals surface area contributed by atoms with Crippen LogP contribution in [0.2, 0.25) is 0 Å². The van der Waals surface area contributed by atoms with Crippen LogP contribution in [0.1, 0.15) is 23.1 Å². The third-order valence-electron chi connectivity index (χ3n) is 2.35. The van der Waals surface area contributed by atoms with Gasteiger partial charge < -0.3 is 9.57 Å². The molecule has 1 aromatic rings. The summed E-state index contributed by atoms with van der Waals surface area (Å²) in [5.41, 5.74) is 3.47. The molecule has 1 rings (SSSR count). The molecule has 0 aliphatic carbocycles. The first-order chi connectivity index (χ1) is 7.69. The van der Waals surface area contributed by atoms with Gasteiger partial charge in [-0.15, -0.1) is 0 Å². The van der Waals surface area contributed by atoms with Crippen molar-refractivity contribution in [3.8, 4) is 5.75 Å². The quantitative estimate of drug-likeness (QED) is 0.614. The lowest BCUT2D eigenvalue weighted by Gasteiger charge is -2.09. The summed E-state index contributed by atoms with van der Waals surface area (Å²) < 4.78 is 5.38. The highest BCUT2D eigenvalue weighted by Gasteiger charge is 2.04. The molecule has 0 saturated carbocycles. The number of benzene rings is 1. The van der Waals surface area contributed by atoms with Crippen molar-refractivity contribution in [3.05, 3.63) is 34.9 Å². The molecule has 0 unspecified atom stereocenters. The van der Waals surface area contributed by atoms with E-state index in [-0.39, 0.29) is 0 Å². The number of ether oxygens (including phenoxy) is 1. The average molecular weight is 221 g/mol. The monoisotopic (exact) mass is 221 g/mol. The van der Waals surface area contributed by atoms with Crippen LogP contribution in [0.25, 0.3) is 6.08 Å². The summed E-state index contributed by atoms with van der Waals surface area (Å²) in [6.07, 6.45) is 4.87. The maximum Gasteiger partial charge on any atom is 0.128 e. The zero-order valence-corrected chi connectivity index (χ0v) is 10.1. The normalized spacial score (nSPS) is 11.0. The van der Waals surface area contributed by atoms with Crippen LogP contribution in [0, 0.1) is 13.8 Å². The molecule has 0 radical (unpaired) electrons. The Balaban J connectivity index is 2.89. The number of nitrogens with two attached hydrogens (primary N) is 1. The topological polar surface area (TPSA) is 44.5 Å². The predicted octanol–water partition coefficient (Wildman–Crippen LogP) is 2.61. The largest absolute Gasteiger partial charge is 0.496 e. The fourth-order valence-corrected chi connectivity index (χ4v) is 1.74. The van der Waals surface area contributed by atoms with E-state index in [0.717, 1.165) is 23.3 Å². The van der Waals surface area contributed by atoms with Crippen LogP contribution in [0.4, 0.5) is 0 Å². The first-order valence-electron chi connectivity index (χ1n) is 5.32. The lowest BCUT2D eigenvalue weighted by molar-refractivity contribution is 0.143. The van der Waals surface area contributed by atoms with Gasteiger partial charge in [0.15, 0.2) is 0 Å². The van der Waals surface area contributed by atoms with Crippen molar-refractivity contribution in [2.45, 2.75) is 20.3 Å². The number of methoxy groups -OCH3 is 1. The van der Waals surface area contributed by atoms with Gasteiger partial charge in [-0.3, -0.25) is 0 Å². The lowest BCUT2D eigenvalue weighted by Crippen LogP contribution is -1.98. The Morgan fingerprint density at radius 3 is 2.69 bits per heavy atom. The third kappa shape index (κ3) is 3.36. The molecule has 88 valence electrons. The van der Waals surface area contributed by atoms with Gasteiger partial charge in [0.05, 0.1) is 13.7 Å². The van der Waals surface area contributed by atoms with Crippen molar-refractivity contribution >= 4 is 6.08 Å². The van der Waals surface area contributed by atoms with Crippen molar-refractivity contribution in [1.82, 2.24) is 0 Å². The molecule has 0 spiro atoms. The lowest BCUT2D eigenvalue weighted by atomic mass is 10.0. The van der Waals surface area contributed by atoms with Gasteiger partial charge in [-0.25, -0.2) is 5.90 Å². The van der Waals surface area contributed by atoms with Gasteiger partial charge in [0, 0.05) is 5.56 Å². The van der Waals surface area contributed by atoms with Crippen LogP contribution in [-0.2, 0) is 4.84 Å². The van der Waals surface area contributed by atoms with Crippen LogP contribution in [0.3, 0.4) is 0 Å². The summed E-state index contributed by atoms with van der Waals surface area (Å²) in [6, 6.07) is 4.21. The highest BCUT2D eigenvalue weighted by molar-refractivity contribution is 5.61. The minimum atomic E-state index is 0.531. The smallest absolute Gasteiger partial charge is 0.128 e. The van der Waals surface area contributed by atoms with Gasteiger partial charge in [-0.05, 0) is 31.9 Å². The Morgan fingerprint density at radius 2 is 2.06 bits per heavy atom. The first kappa shape index (κ1) is 12.7. The highest BCUT2D eigenvalue weighted by atomic mass is 16.6. The second kappa shape index (κ2) is 6.30. The Bertz CT molecular complexity index is 372. The zero-order chi connectivity index (χ0) is 12.0. The number of rotatable bonds is 5. The Labute approximate surface area is 96.8 Å². The molecule has 16 heavy (non-hydrogen) atoms. The van der Waals surface area contributed by atoms with Crippen molar-refractivity contribution in [3.63, 3.8) is 0 Å². The summed E-state index contributed by atoms with van der Waals surface area (Å²) in [5, 5.41) is 0. The summed E-state index contributed by atoms with van der Waals surface area (Å²) in [6.45, 7) is 4.66. The fourth-order valence-electron chi connectivity index (χ4n) is 1.74. The van der Waals surface area contributed by atoms with Gasteiger partial charge in [0.2, 0.25) is 0 Å². The van der Waals surface area contributed by atoms with Gasteiger partial charge in [0.1, 0.15) is 5.75 Å². The average Bonchev–Trinajstić information content (AvgIpc) is 2.24. The van der Waals surface area contributed by atoms with Crippen molar-refractivity contribution in [2.75, 3.05) is 13.7 Å². The van der Waals surface area contributed by atoms with E-state index < -0.39 is 0 Å². The van der Waals surface area contributed by atoms with E-state index in [2.05, 4.69) is 23.9 Å². The van der Waals surface area contributed by atoms with E-state index in [1.807, 2.05) is 19.1 Å². The van der Waals surface area contributed by atoms with E-state index in [4.69, 9.17) is 10.6 Å². The molecular weight excluding hydrogens is 202 g/mol. The van der Waals surface area contributed by atoms with Gasteiger partial charge in [0.25, 0.3) is 0 Å². The first-order valence-corrected chi connectivity index (χ1v) is 5.32. The molecule has 0 aliphatic heterocycles. The van der Waals surface area contributed by atoms with Crippen molar-refractivity contribution in [2.24, 2.45) is 5.90 Å². The molecule has 0 atom stereocenters. The Morgan fingerprint density at radius 1 is 1.31 bits per heavy atom. The SMILES string of the molecule is COc1c(C)cc(C)cc1/C=C/CCON. The molecule has 0 amide bonds. The van der Waals surface area contributed by atoms with E-state index in [0.29, 0.717) is 6.61 Å². The molecule has 0 saturated heterocycles. The Kier molecular flexibility index (Phi) is 5.02. The van der Waals surface area contributed by atoms with Crippen molar-refractivity contribution in [1.29, 1.82) is 0 Å². The number of aryl methyl sites for hydroxylation is 2. The third-order valence-corrected chi connectivity index (χ3v) is 2.35. The van der Waals surface area contributed by atoms with Crippen LogP contribution >= 0.6 is 0 Å². The van der Waals surface area contributed by atoms with Crippen LogP contribution < -0.4 is 10.6 Å². The van der Waals surface area contributed by atoms with Crippen LogP contribution in [0.15, 0.2) is 18.2 Å². The minimum absolute atomic E-state index is 0.531. The zero-order valence-electron chi connectivity index (χ0n) is 10.1. The molecule has 0 aliphatic rings. The molecule has 0 bridgehead atoms. The van der Waals surface area contributed by atoms with E-state index in [1.165, 1.54) is 5.56 Å². The molecule has 0 aromatic heterocycles. The van der Waals surface area contributed by atoms with Crippen molar-refractivity contribution < 1.29 is 9.57 Å². The summed E-state index contributed by atoms with van der Waals surface area (Å²) >= 11 is 0. The van der Waals surface area contributed by atoms with Gasteiger partial charge in [-0.1, -0.05) is 23.8 Å². The van der Waals surface area contributed by atoms with Crippen LogP contribution in [-0.4, -0.2) is 13.7 Å². The maximum absolute atomic E-state index is 5.38. The molecule has 0 heterocycles. The molecule has 2 N–H and O–H groups in total. The maximum atomic E-state index is 5.38. The number of hydrogen-bond donors (Lipinski definition) is 1. The van der Waals surface area contributed by atoms with E-state index in [9.17, 15) is 0 Å². The summed E-state index contributed by atoms with van der Waals surface area (Å²) in [7, 11) is 1.69. The molecule has 3 nitrogen and oxygen atoms in total. The second-order valence-corrected chi connectivity index (χ2v) is 3.77. The van der Waals surface area contributed by atoms with E-state index in [1.54, 1.807) is 7.11 Å². The van der Waals surface area contributed by atoms with Crippen LogP contribution in [0.5, 0.6) is 5.75 Å². The summed E-state index contributed by atoms with van der Waals surface area (Å²) in [5.74, 6) is 5.88. The molecule has 1 aromatic carbocycles.